The molecule has 2 heterocycles. The van der Waals surface area contributed by atoms with Crippen molar-refractivity contribution in [3.05, 3.63) is 54.4 Å². The Kier molecular flexibility index (Phi) is 5.83. The van der Waals surface area contributed by atoms with Crippen molar-refractivity contribution in [2.24, 2.45) is 0 Å². The van der Waals surface area contributed by atoms with Gasteiger partial charge in [-0.05, 0) is 19.3 Å². The summed E-state index contributed by atoms with van der Waals surface area (Å²) in [4.78, 5) is 19.4. The van der Waals surface area contributed by atoms with Crippen LogP contribution in [0.5, 0.6) is 11.5 Å². The summed E-state index contributed by atoms with van der Waals surface area (Å²) in [6.07, 6.45) is 2.68. The molecule has 1 aliphatic rings. The molecule has 1 aromatic heterocycles. The lowest BCUT2D eigenvalue weighted by molar-refractivity contribution is 0.142. The number of nitrogens with one attached hydrogen (secondary N) is 1. The standard InChI is InChI=1S/C22H24N4O4/c1-28-17-12-16(13-18(14-17)29-2)23-22(27)26-11-7-6-10-19(26)21-24-20(25-30-21)15-8-4-3-5-9-15/h3-5,8-9,12-14,19H,6-7,10-11H2,1-2H3,(H,23,27). The highest BCUT2D eigenvalue weighted by Crippen LogP contribution is 2.32. The van der Waals surface area contributed by atoms with E-state index in [1.165, 1.54) is 0 Å². The maximum atomic E-state index is 13.1. The van der Waals surface area contributed by atoms with E-state index in [1.807, 2.05) is 30.3 Å². The molecule has 1 N–H and O–H groups in total. The molecule has 0 spiro atoms. The van der Waals surface area contributed by atoms with Crippen LogP contribution in [0.25, 0.3) is 11.4 Å². The Hall–Kier alpha value is -3.55. The first-order chi connectivity index (χ1) is 14.7. The van der Waals surface area contributed by atoms with Crippen LogP contribution in [0.2, 0.25) is 0 Å². The van der Waals surface area contributed by atoms with Crippen molar-refractivity contribution < 1.29 is 18.8 Å². The molecule has 4 rings (SSSR count). The number of urea groups is 1. The lowest BCUT2D eigenvalue weighted by Gasteiger charge is -2.33. The van der Waals surface area contributed by atoms with Crippen molar-refractivity contribution in [1.29, 1.82) is 0 Å². The Morgan fingerprint density at radius 3 is 2.53 bits per heavy atom. The number of rotatable bonds is 5. The summed E-state index contributed by atoms with van der Waals surface area (Å²) in [5.74, 6) is 2.18. The summed E-state index contributed by atoms with van der Waals surface area (Å²) in [7, 11) is 3.14. The molecule has 0 bridgehead atoms. The molecular formula is C22H24N4O4. The normalized spacial score (nSPS) is 16.2. The molecule has 3 aromatic rings. The van der Waals surface area contributed by atoms with Gasteiger partial charge in [0.1, 0.15) is 17.5 Å². The molecule has 0 radical (unpaired) electrons. The van der Waals surface area contributed by atoms with Gasteiger partial charge in [-0.3, -0.25) is 0 Å². The summed E-state index contributed by atoms with van der Waals surface area (Å²) in [5.41, 5.74) is 1.47. The largest absolute Gasteiger partial charge is 0.497 e. The number of amides is 2. The highest BCUT2D eigenvalue weighted by Gasteiger charge is 2.32. The smallest absolute Gasteiger partial charge is 0.322 e. The third-order valence-corrected chi connectivity index (χ3v) is 5.13. The minimum Gasteiger partial charge on any atom is -0.497 e. The van der Waals surface area contributed by atoms with Gasteiger partial charge in [-0.25, -0.2) is 4.79 Å². The average molecular weight is 408 g/mol. The number of methoxy groups -OCH3 is 2. The SMILES string of the molecule is COc1cc(NC(=O)N2CCCCC2c2nc(-c3ccccc3)no2)cc(OC)c1. The molecule has 1 aliphatic heterocycles. The molecule has 8 nitrogen and oxygen atoms in total. The molecule has 1 unspecified atom stereocenters. The number of carbonyl (C=O) groups excluding carboxylic acids is 1. The predicted octanol–water partition coefficient (Wildman–Crippen LogP) is 4.51. The fourth-order valence-electron chi connectivity index (χ4n) is 3.58. The molecular weight excluding hydrogens is 384 g/mol. The number of aromatic nitrogens is 2. The predicted molar refractivity (Wildman–Crippen MR) is 112 cm³/mol. The molecule has 1 saturated heterocycles. The van der Waals surface area contributed by atoms with Gasteiger partial charge in [-0.1, -0.05) is 35.5 Å². The van der Waals surface area contributed by atoms with Crippen LogP contribution in [-0.2, 0) is 0 Å². The Labute approximate surface area is 174 Å². The van der Waals surface area contributed by atoms with E-state index in [0.717, 1.165) is 24.8 Å². The zero-order valence-electron chi connectivity index (χ0n) is 17.0. The van der Waals surface area contributed by atoms with Crippen LogP contribution in [-0.4, -0.2) is 41.8 Å². The van der Waals surface area contributed by atoms with Gasteiger partial charge in [0, 0.05) is 36.0 Å². The first-order valence-corrected chi connectivity index (χ1v) is 9.87. The molecule has 1 fully saturated rings. The number of hydrogen-bond donors (Lipinski definition) is 1. The zero-order valence-corrected chi connectivity index (χ0v) is 17.0. The van der Waals surface area contributed by atoms with Crippen LogP contribution in [0.4, 0.5) is 10.5 Å². The molecule has 1 atom stereocenters. The van der Waals surface area contributed by atoms with E-state index in [9.17, 15) is 4.79 Å². The van der Waals surface area contributed by atoms with Gasteiger partial charge in [0.15, 0.2) is 0 Å². The highest BCUT2D eigenvalue weighted by atomic mass is 16.5. The summed E-state index contributed by atoms with van der Waals surface area (Å²) in [5, 5.41) is 7.04. The monoisotopic (exact) mass is 408 g/mol. The Bertz CT molecular complexity index is 983. The molecule has 156 valence electrons. The third kappa shape index (κ3) is 4.22. The first-order valence-electron chi connectivity index (χ1n) is 9.87. The Morgan fingerprint density at radius 1 is 1.10 bits per heavy atom. The topological polar surface area (TPSA) is 89.7 Å². The van der Waals surface area contributed by atoms with Gasteiger partial charge >= 0.3 is 6.03 Å². The number of carbonyl (C=O) groups is 1. The Balaban J connectivity index is 1.54. The second kappa shape index (κ2) is 8.86. The van der Waals surface area contributed by atoms with Crippen molar-refractivity contribution in [3.63, 3.8) is 0 Å². The van der Waals surface area contributed by atoms with E-state index in [-0.39, 0.29) is 12.1 Å². The fourth-order valence-corrected chi connectivity index (χ4v) is 3.58. The summed E-state index contributed by atoms with van der Waals surface area (Å²) >= 11 is 0. The van der Waals surface area contributed by atoms with E-state index in [4.69, 9.17) is 14.0 Å². The van der Waals surface area contributed by atoms with Crippen molar-refractivity contribution in [1.82, 2.24) is 15.0 Å². The summed E-state index contributed by atoms with van der Waals surface area (Å²) in [6.45, 7) is 0.612. The van der Waals surface area contributed by atoms with E-state index in [2.05, 4.69) is 15.5 Å². The molecule has 0 aliphatic carbocycles. The van der Waals surface area contributed by atoms with Crippen LogP contribution < -0.4 is 14.8 Å². The highest BCUT2D eigenvalue weighted by molar-refractivity contribution is 5.90. The van der Waals surface area contributed by atoms with Gasteiger partial charge in [0.25, 0.3) is 0 Å². The quantitative estimate of drug-likeness (QED) is 0.668. The maximum absolute atomic E-state index is 13.1. The van der Waals surface area contributed by atoms with Gasteiger partial charge in [0.2, 0.25) is 11.7 Å². The van der Waals surface area contributed by atoms with Crippen molar-refractivity contribution in [2.45, 2.75) is 25.3 Å². The van der Waals surface area contributed by atoms with E-state index in [1.54, 1.807) is 37.3 Å². The number of anilines is 1. The van der Waals surface area contributed by atoms with Crippen LogP contribution in [0, 0.1) is 0 Å². The van der Waals surface area contributed by atoms with Crippen molar-refractivity contribution >= 4 is 11.7 Å². The number of likely N-dealkylation sites (tertiary alicyclic amines) is 1. The van der Waals surface area contributed by atoms with Crippen LogP contribution >= 0.6 is 0 Å². The number of nitrogens with zero attached hydrogens (tertiary/aromatic N) is 3. The van der Waals surface area contributed by atoms with Crippen LogP contribution in [0.15, 0.2) is 53.1 Å². The molecule has 2 aromatic carbocycles. The number of hydrogen-bond acceptors (Lipinski definition) is 6. The second-order valence-electron chi connectivity index (χ2n) is 7.06. The lowest BCUT2D eigenvalue weighted by Crippen LogP contribution is -2.41. The molecule has 2 amide bonds. The minimum absolute atomic E-state index is 0.227. The third-order valence-electron chi connectivity index (χ3n) is 5.13. The van der Waals surface area contributed by atoms with Gasteiger partial charge in [0.05, 0.1) is 14.2 Å². The second-order valence-corrected chi connectivity index (χ2v) is 7.06. The summed E-state index contributed by atoms with van der Waals surface area (Å²) < 4.78 is 16.1. The molecule has 0 saturated carbocycles. The minimum atomic E-state index is -0.267. The first kappa shape index (κ1) is 19.8. The molecule has 8 heteroatoms. The van der Waals surface area contributed by atoms with Gasteiger partial charge in [-0.2, -0.15) is 4.98 Å². The van der Waals surface area contributed by atoms with Gasteiger partial charge < -0.3 is 24.2 Å². The van der Waals surface area contributed by atoms with Gasteiger partial charge in [-0.15, -0.1) is 0 Å². The molecule has 30 heavy (non-hydrogen) atoms. The zero-order chi connectivity index (χ0) is 20.9. The van der Waals surface area contributed by atoms with Crippen LogP contribution in [0.1, 0.15) is 31.2 Å². The Morgan fingerprint density at radius 2 is 1.83 bits per heavy atom. The van der Waals surface area contributed by atoms with E-state index in [0.29, 0.717) is 35.4 Å². The van der Waals surface area contributed by atoms with E-state index >= 15 is 0 Å². The average Bonchev–Trinajstić information content (AvgIpc) is 3.29. The number of ether oxygens (including phenoxy) is 2. The summed E-state index contributed by atoms with van der Waals surface area (Å²) in [6, 6.07) is 14.4. The van der Waals surface area contributed by atoms with E-state index < -0.39 is 0 Å². The fraction of sp³-hybridized carbons (Fsp3) is 0.318. The number of piperidine rings is 1. The van der Waals surface area contributed by atoms with Crippen molar-refractivity contribution in [2.75, 3.05) is 26.1 Å². The maximum Gasteiger partial charge on any atom is 0.322 e. The van der Waals surface area contributed by atoms with Crippen molar-refractivity contribution in [3.8, 4) is 22.9 Å². The van der Waals surface area contributed by atoms with Crippen LogP contribution in [0.3, 0.4) is 0 Å². The number of benzene rings is 2. The lowest BCUT2D eigenvalue weighted by atomic mass is 10.0.